The van der Waals surface area contributed by atoms with Gasteiger partial charge in [-0.3, -0.25) is 0 Å². The van der Waals surface area contributed by atoms with Gasteiger partial charge in [-0.2, -0.15) is 0 Å². The topological polar surface area (TPSA) is 90.7 Å². The molecule has 0 spiro atoms. The molecule has 7 heteroatoms. The van der Waals surface area contributed by atoms with Crippen LogP contribution < -0.4 is 10.1 Å². The predicted molar refractivity (Wildman–Crippen MR) is 104 cm³/mol. The summed E-state index contributed by atoms with van der Waals surface area (Å²) in [7, 11) is 0. The molecule has 29 heavy (non-hydrogen) atoms. The molecule has 154 valence electrons. The molecule has 7 nitrogen and oxygen atoms in total. The van der Waals surface area contributed by atoms with E-state index >= 15 is 0 Å². The minimum absolute atomic E-state index is 0.146. The Balaban J connectivity index is 1.43. The Bertz CT molecular complexity index is 854. The van der Waals surface area contributed by atoms with Crippen LogP contribution in [0.5, 0.6) is 5.75 Å². The van der Waals surface area contributed by atoms with Crippen LogP contribution in [0.15, 0.2) is 35.1 Å². The number of hydrogen-bond acceptors (Lipinski definition) is 6. The molecule has 0 bridgehead atoms. The first kappa shape index (κ1) is 19.5. The number of nitrogens with one attached hydrogen (secondary N) is 1. The maximum absolute atomic E-state index is 11.6. The zero-order valence-corrected chi connectivity index (χ0v) is 16.6. The lowest BCUT2D eigenvalue weighted by molar-refractivity contribution is -0.135. The molecule has 1 saturated carbocycles. The fourth-order valence-electron chi connectivity index (χ4n) is 4.20. The van der Waals surface area contributed by atoms with Crippen molar-refractivity contribution in [2.45, 2.75) is 64.0 Å². The van der Waals surface area contributed by atoms with Gasteiger partial charge in [0.1, 0.15) is 29.3 Å². The van der Waals surface area contributed by atoms with Crippen molar-refractivity contribution in [3.8, 4) is 5.75 Å². The van der Waals surface area contributed by atoms with Gasteiger partial charge in [-0.25, -0.2) is 14.6 Å². The van der Waals surface area contributed by atoms with Crippen molar-refractivity contribution >= 4 is 12.1 Å². The van der Waals surface area contributed by atoms with Crippen LogP contribution in [-0.2, 0) is 16.0 Å². The van der Waals surface area contributed by atoms with Crippen molar-refractivity contribution in [3.63, 3.8) is 0 Å². The van der Waals surface area contributed by atoms with E-state index < -0.39 is 18.1 Å². The van der Waals surface area contributed by atoms with Crippen LogP contribution in [0.25, 0.3) is 0 Å². The van der Waals surface area contributed by atoms with Gasteiger partial charge in [0.25, 0.3) is 0 Å². The van der Waals surface area contributed by atoms with E-state index in [1.54, 1.807) is 0 Å². The number of cyclic esters (lactones) is 2. The number of esters is 1. The number of hydrogen-bond donors (Lipinski definition) is 1. The zero-order valence-electron chi connectivity index (χ0n) is 16.6. The standard InChI is InChI=1S/C22H26N2O5/c1-14-20(23-13-27-14)19(12-15-5-3-2-4-6-15)28-17-9-7-16(8-10-17)11-18-21(25)29-22(26)24-18/h7-10,13,15,18-19H,2-6,11-12H2,1H3,(H,24,26). The molecular weight excluding hydrogens is 372 g/mol. The minimum Gasteiger partial charge on any atom is -0.484 e. The molecule has 2 atom stereocenters. The van der Waals surface area contributed by atoms with Crippen LogP contribution in [0, 0.1) is 12.8 Å². The van der Waals surface area contributed by atoms with E-state index in [1.807, 2.05) is 31.2 Å². The van der Waals surface area contributed by atoms with Gasteiger partial charge in [0.05, 0.1) is 0 Å². The zero-order chi connectivity index (χ0) is 20.2. The Hall–Kier alpha value is -2.83. The molecule has 2 aromatic rings. The first-order chi connectivity index (χ1) is 14.1. The summed E-state index contributed by atoms with van der Waals surface area (Å²) in [5, 5.41) is 2.51. The molecule has 1 aromatic heterocycles. The molecule has 1 N–H and O–H groups in total. The van der Waals surface area contributed by atoms with Gasteiger partial charge in [-0.05, 0) is 37.0 Å². The average molecular weight is 398 g/mol. The highest BCUT2D eigenvalue weighted by atomic mass is 16.6. The molecule has 1 aromatic carbocycles. The van der Waals surface area contributed by atoms with E-state index in [9.17, 15) is 9.59 Å². The van der Waals surface area contributed by atoms with Crippen molar-refractivity contribution in [1.82, 2.24) is 10.3 Å². The minimum atomic E-state index is -0.687. The van der Waals surface area contributed by atoms with Crippen LogP contribution in [0.1, 0.15) is 61.6 Å². The Morgan fingerprint density at radius 1 is 1.17 bits per heavy atom. The number of nitrogens with zero attached hydrogens (tertiary/aromatic N) is 1. The van der Waals surface area contributed by atoms with Gasteiger partial charge in [0.2, 0.25) is 0 Å². The molecule has 2 heterocycles. The maximum Gasteiger partial charge on any atom is 0.415 e. The van der Waals surface area contributed by atoms with Gasteiger partial charge in [0, 0.05) is 6.42 Å². The predicted octanol–water partition coefficient (Wildman–Crippen LogP) is 4.25. The Kier molecular flexibility index (Phi) is 5.83. The second-order valence-corrected chi connectivity index (χ2v) is 7.89. The molecule has 0 radical (unpaired) electrons. The molecule has 1 aliphatic heterocycles. The Morgan fingerprint density at radius 2 is 1.93 bits per heavy atom. The highest BCUT2D eigenvalue weighted by molar-refractivity contribution is 5.95. The van der Waals surface area contributed by atoms with Crippen molar-refractivity contribution in [1.29, 1.82) is 0 Å². The Labute approximate surface area is 169 Å². The lowest BCUT2D eigenvalue weighted by Crippen LogP contribution is -2.30. The van der Waals surface area contributed by atoms with Crippen LogP contribution in [0.2, 0.25) is 0 Å². The summed E-state index contributed by atoms with van der Waals surface area (Å²) in [4.78, 5) is 27.1. The molecule has 2 unspecified atom stereocenters. The monoisotopic (exact) mass is 398 g/mol. The third-order valence-electron chi connectivity index (χ3n) is 5.77. The number of rotatable bonds is 7. The van der Waals surface area contributed by atoms with Crippen LogP contribution in [0.3, 0.4) is 0 Å². The summed E-state index contributed by atoms with van der Waals surface area (Å²) in [6, 6.07) is 6.95. The summed E-state index contributed by atoms with van der Waals surface area (Å²) in [5.74, 6) is 1.64. The number of aromatic nitrogens is 1. The van der Waals surface area contributed by atoms with E-state index in [0.29, 0.717) is 12.3 Å². The van der Waals surface area contributed by atoms with E-state index in [-0.39, 0.29) is 6.10 Å². The Morgan fingerprint density at radius 3 is 2.55 bits per heavy atom. The van der Waals surface area contributed by atoms with E-state index in [1.165, 1.54) is 38.5 Å². The summed E-state index contributed by atoms with van der Waals surface area (Å²) < 4.78 is 16.3. The van der Waals surface area contributed by atoms with Crippen molar-refractivity contribution in [2.75, 3.05) is 0 Å². The summed E-state index contributed by atoms with van der Waals surface area (Å²) >= 11 is 0. The normalized spacial score (nSPS) is 20.9. The fraction of sp³-hybridized carbons (Fsp3) is 0.500. The second kappa shape index (κ2) is 8.68. The van der Waals surface area contributed by atoms with E-state index in [4.69, 9.17) is 9.15 Å². The van der Waals surface area contributed by atoms with E-state index in [0.717, 1.165) is 29.2 Å². The maximum atomic E-state index is 11.6. The molecule has 4 rings (SSSR count). The average Bonchev–Trinajstić information content (AvgIpc) is 3.28. The highest BCUT2D eigenvalue weighted by Gasteiger charge is 2.32. The van der Waals surface area contributed by atoms with Crippen LogP contribution in [0.4, 0.5) is 4.79 Å². The van der Waals surface area contributed by atoms with Crippen molar-refractivity contribution in [2.24, 2.45) is 5.92 Å². The smallest absolute Gasteiger partial charge is 0.415 e. The number of ether oxygens (including phenoxy) is 2. The fourth-order valence-corrected chi connectivity index (χ4v) is 4.20. The first-order valence-electron chi connectivity index (χ1n) is 10.3. The summed E-state index contributed by atoms with van der Waals surface area (Å²) in [6.07, 6.45) is 8.31. The lowest BCUT2D eigenvalue weighted by Gasteiger charge is -2.26. The number of benzene rings is 1. The number of carbonyl (C=O) groups excluding carboxylic acids is 2. The quantitative estimate of drug-likeness (QED) is 0.554. The van der Waals surface area contributed by atoms with Gasteiger partial charge >= 0.3 is 12.1 Å². The molecule has 1 saturated heterocycles. The third kappa shape index (κ3) is 4.78. The van der Waals surface area contributed by atoms with Crippen LogP contribution in [-0.4, -0.2) is 23.1 Å². The number of oxazole rings is 1. The molecule has 1 amide bonds. The molecule has 2 aliphatic rings. The van der Waals surface area contributed by atoms with Gasteiger partial charge in [0.15, 0.2) is 6.39 Å². The number of aryl methyl sites for hydroxylation is 1. The van der Waals surface area contributed by atoms with Gasteiger partial charge < -0.3 is 19.2 Å². The number of alkyl carbamates (subject to hydrolysis) is 1. The van der Waals surface area contributed by atoms with Crippen LogP contribution >= 0.6 is 0 Å². The summed E-state index contributed by atoms with van der Waals surface area (Å²) in [6.45, 7) is 1.91. The third-order valence-corrected chi connectivity index (χ3v) is 5.77. The molecule has 1 aliphatic carbocycles. The number of carbonyl (C=O) groups is 2. The second-order valence-electron chi connectivity index (χ2n) is 7.89. The number of amides is 1. The van der Waals surface area contributed by atoms with Gasteiger partial charge in [-0.1, -0.05) is 44.2 Å². The highest BCUT2D eigenvalue weighted by Crippen LogP contribution is 2.35. The van der Waals surface area contributed by atoms with Crippen molar-refractivity contribution < 1.29 is 23.5 Å². The summed E-state index contributed by atoms with van der Waals surface area (Å²) in [5.41, 5.74) is 1.78. The van der Waals surface area contributed by atoms with Gasteiger partial charge in [-0.15, -0.1) is 0 Å². The van der Waals surface area contributed by atoms with E-state index in [2.05, 4.69) is 15.0 Å². The SMILES string of the molecule is Cc1ocnc1C(CC1CCCCC1)Oc1ccc(CC2NC(=O)OC2=O)cc1. The largest absolute Gasteiger partial charge is 0.484 e. The molecular formula is C22H26N2O5. The van der Waals surface area contributed by atoms with Crippen molar-refractivity contribution in [3.05, 3.63) is 47.7 Å². The molecule has 2 fully saturated rings. The first-order valence-corrected chi connectivity index (χ1v) is 10.3. The lowest BCUT2D eigenvalue weighted by atomic mass is 9.84.